The Morgan fingerprint density at radius 3 is 2.73 bits per heavy atom. The number of likely N-dealkylation sites (tertiary alicyclic amines) is 2. The number of hydrogen-bond acceptors (Lipinski definition) is 3. The van der Waals surface area contributed by atoms with Crippen LogP contribution < -0.4 is 4.90 Å². The van der Waals surface area contributed by atoms with Crippen LogP contribution in [0.25, 0.3) is 0 Å². The van der Waals surface area contributed by atoms with Crippen LogP contribution in [0.15, 0.2) is 24.3 Å². The first-order chi connectivity index (χ1) is 10.6. The van der Waals surface area contributed by atoms with E-state index in [0.717, 1.165) is 45.4 Å². The second-order valence-corrected chi connectivity index (χ2v) is 6.74. The van der Waals surface area contributed by atoms with Crippen molar-refractivity contribution in [1.29, 1.82) is 0 Å². The maximum Gasteiger partial charge on any atom is 0.222 e. The molecule has 0 N–H and O–H groups in total. The molecule has 0 aromatic heterocycles. The highest BCUT2D eigenvalue weighted by atomic mass is 16.2. The van der Waals surface area contributed by atoms with Gasteiger partial charge in [0.1, 0.15) is 0 Å². The zero-order chi connectivity index (χ0) is 15.5. The van der Waals surface area contributed by atoms with Crippen molar-refractivity contribution in [3.63, 3.8) is 0 Å². The van der Waals surface area contributed by atoms with E-state index in [2.05, 4.69) is 53.1 Å². The number of amides is 1. The highest BCUT2D eigenvalue weighted by Crippen LogP contribution is 2.25. The Bertz CT molecular complexity index is 529. The largest absolute Gasteiger partial charge is 0.377 e. The van der Waals surface area contributed by atoms with Gasteiger partial charge >= 0.3 is 0 Å². The van der Waals surface area contributed by atoms with Crippen LogP contribution in [0.3, 0.4) is 0 Å². The average molecular weight is 301 g/mol. The highest BCUT2D eigenvalue weighted by Gasteiger charge is 2.31. The first-order valence-electron chi connectivity index (χ1n) is 8.42. The molecule has 0 aliphatic carbocycles. The van der Waals surface area contributed by atoms with Gasteiger partial charge in [-0.15, -0.1) is 0 Å². The van der Waals surface area contributed by atoms with Gasteiger partial charge in [0, 0.05) is 51.9 Å². The topological polar surface area (TPSA) is 26.8 Å². The number of hydrogen-bond donors (Lipinski definition) is 0. The van der Waals surface area contributed by atoms with Crippen LogP contribution in [-0.4, -0.2) is 55.5 Å². The molecule has 3 rings (SSSR count). The Kier molecular flexibility index (Phi) is 4.67. The molecule has 2 aliphatic rings. The summed E-state index contributed by atoms with van der Waals surface area (Å²) in [7, 11) is 4.20. The lowest BCUT2D eigenvalue weighted by molar-refractivity contribution is -0.130. The lowest BCUT2D eigenvalue weighted by Crippen LogP contribution is -2.48. The highest BCUT2D eigenvalue weighted by molar-refractivity contribution is 5.78. The quantitative estimate of drug-likeness (QED) is 0.854. The molecule has 0 spiro atoms. The number of anilines is 1. The van der Waals surface area contributed by atoms with Gasteiger partial charge in [0.15, 0.2) is 0 Å². The fourth-order valence-electron chi connectivity index (χ4n) is 3.81. The van der Waals surface area contributed by atoms with Crippen LogP contribution in [0.2, 0.25) is 0 Å². The van der Waals surface area contributed by atoms with E-state index in [0.29, 0.717) is 11.9 Å². The third-order valence-corrected chi connectivity index (χ3v) is 4.90. The minimum atomic E-state index is 0.362. The molecular formula is C18H27N3O. The summed E-state index contributed by atoms with van der Waals surface area (Å²) in [5, 5.41) is 0. The smallest absolute Gasteiger partial charge is 0.222 e. The Balaban J connectivity index is 1.67. The third kappa shape index (κ3) is 3.27. The van der Waals surface area contributed by atoms with Crippen LogP contribution in [-0.2, 0) is 11.3 Å². The standard InChI is InChI=1S/C18H27N3O/c1-19(2)17-9-4-3-7-15(17)13-20-11-5-8-16(14-20)21-12-6-10-18(21)22/h3-4,7,9,16H,5-6,8,10-14H2,1-2H3/t16-/m0/s1. The Hall–Kier alpha value is -1.55. The number of carbonyl (C=O) groups is 1. The SMILES string of the molecule is CN(C)c1ccccc1CN1CCC[C@H](N2CCCC2=O)C1. The molecule has 4 nitrogen and oxygen atoms in total. The minimum Gasteiger partial charge on any atom is -0.377 e. The van der Waals surface area contributed by atoms with Crippen LogP contribution in [0, 0.1) is 0 Å². The normalized spacial score (nSPS) is 23.1. The van der Waals surface area contributed by atoms with Crippen LogP contribution in [0.1, 0.15) is 31.2 Å². The summed E-state index contributed by atoms with van der Waals surface area (Å²) in [5.41, 5.74) is 2.67. The summed E-state index contributed by atoms with van der Waals surface area (Å²) >= 11 is 0. The van der Waals surface area contributed by atoms with E-state index in [-0.39, 0.29) is 0 Å². The third-order valence-electron chi connectivity index (χ3n) is 4.90. The Morgan fingerprint density at radius 2 is 2.00 bits per heavy atom. The Labute approximate surface area is 133 Å². The second-order valence-electron chi connectivity index (χ2n) is 6.74. The molecule has 1 aromatic carbocycles. The van der Waals surface area contributed by atoms with Crippen molar-refractivity contribution < 1.29 is 4.79 Å². The summed E-state index contributed by atoms with van der Waals surface area (Å²) in [5.74, 6) is 0.362. The van der Waals surface area contributed by atoms with Gasteiger partial charge in [-0.2, -0.15) is 0 Å². The summed E-state index contributed by atoms with van der Waals surface area (Å²) < 4.78 is 0. The van der Waals surface area contributed by atoms with Crippen molar-refractivity contribution in [1.82, 2.24) is 9.80 Å². The van der Waals surface area contributed by atoms with Crippen molar-refractivity contribution in [2.45, 2.75) is 38.3 Å². The molecule has 22 heavy (non-hydrogen) atoms. The monoisotopic (exact) mass is 301 g/mol. The van der Waals surface area contributed by atoms with Crippen molar-refractivity contribution >= 4 is 11.6 Å². The van der Waals surface area contributed by atoms with Gasteiger partial charge in [-0.1, -0.05) is 18.2 Å². The first kappa shape index (κ1) is 15.3. The molecule has 1 amide bonds. The van der Waals surface area contributed by atoms with E-state index in [1.807, 2.05) is 0 Å². The number of para-hydroxylation sites is 1. The molecule has 0 saturated carbocycles. The van der Waals surface area contributed by atoms with E-state index in [1.165, 1.54) is 17.7 Å². The van der Waals surface area contributed by atoms with E-state index >= 15 is 0 Å². The lowest BCUT2D eigenvalue weighted by Gasteiger charge is -2.38. The second kappa shape index (κ2) is 6.69. The number of benzene rings is 1. The maximum atomic E-state index is 12.0. The lowest BCUT2D eigenvalue weighted by atomic mass is 10.0. The molecule has 2 heterocycles. The molecular weight excluding hydrogens is 274 g/mol. The number of carbonyl (C=O) groups excluding carboxylic acids is 1. The number of nitrogens with zero attached hydrogens (tertiary/aromatic N) is 3. The van der Waals surface area contributed by atoms with Crippen molar-refractivity contribution in [2.24, 2.45) is 0 Å². The molecule has 0 unspecified atom stereocenters. The van der Waals surface area contributed by atoms with Gasteiger partial charge in [-0.25, -0.2) is 0 Å². The number of rotatable bonds is 4. The molecule has 2 aliphatic heterocycles. The van der Waals surface area contributed by atoms with E-state index < -0.39 is 0 Å². The molecule has 1 aromatic rings. The minimum absolute atomic E-state index is 0.362. The van der Waals surface area contributed by atoms with Crippen LogP contribution in [0.4, 0.5) is 5.69 Å². The zero-order valence-electron chi connectivity index (χ0n) is 13.8. The molecule has 4 heteroatoms. The molecule has 2 saturated heterocycles. The van der Waals surface area contributed by atoms with Gasteiger partial charge in [-0.05, 0) is 37.4 Å². The fraction of sp³-hybridized carbons (Fsp3) is 0.611. The van der Waals surface area contributed by atoms with Gasteiger partial charge in [0.05, 0.1) is 0 Å². The van der Waals surface area contributed by atoms with Gasteiger partial charge in [0.2, 0.25) is 5.91 Å². The van der Waals surface area contributed by atoms with E-state index in [9.17, 15) is 4.79 Å². The van der Waals surface area contributed by atoms with Crippen molar-refractivity contribution in [3.05, 3.63) is 29.8 Å². The average Bonchev–Trinajstić information content (AvgIpc) is 2.94. The predicted molar refractivity (Wildman–Crippen MR) is 90.0 cm³/mol. The summed E-state index contributed by atoms with van der Waals surface area (Å²) in [6.45, 7) is 4.10. The van der Waals surface area contributed by atoms with Gasteiger partial charge in [0.25, 0.3) is 0 Å². The molecule has 0 bridgehead atoms. The van der Waals surface area contributed by atoms with Gasteiger partial charge < -0.3 is 9.80 Å². The summed E-state index contributed by atoms with van der Waals surface area (Å²) in [6, 6.07) is 9.05. The molecule has 2 fully saturated rings. The van der Waals surface area contributed by atoms with Crippen LogP contribution >= 0.6 is 0 Å². The zero-order valence-corrected chi connectivity index (χ0v) is 13.8. The predicted octanol–water partition coefficient (Wildman–Crippen LogP) is 2.34. The molecule has 0 radical (unpaired) electrons. The van der Waals surface area contributed by atoms with E-state index in [4.69, 9.17) is 0 Å². The first-order valence-corrected chi connectivity index (χ1v) is 8.42. The maximum absolute atomic E-state index is 12.0. The molecule has 120 valence electrons. The van der Waals surface area contributed by atoms with Gasteiger partial charge in [-0.3, -0.25) is 9.69 Å². The fourth-order valence-corrected chi connectivity index (χ4v) is 3.81. The Morgan fingerprint density at radius 1 is 1.18 bits per heavy atom. The summed E-state index contributed by atoms with van der Waals surface area (Å²) in [6.07, 6.45) is 4.15. The van der Waals surface area contributed by atoms with E-state index in [1.54, 1.807) is 0 Å². The van der Waals surface area contributed by atoms with Crippen molar-refractivity contribution in [3.8, 4) is 0 Å². The van der Waals surface area contributed by atoms with Crippen molar-refractivity contribution in [2.75, 3.05) is 38.6 Å². The molecule has 1 atom stereocenters. The summed E-state index contributed by atoms with van der Waals surface area (Å²) in [4.78, 5) is 18.8. The number of piperidine rings is 1. The van der Waals surface area contributed by atoms with Crippen LogP contribution in [0.5, 0.6) is 0 Å².